The van der Waals surface area contributed by atoms with Crippen LogP contribution in [0.15, 0.2) is 18.5 Å². The van der Waals surface area contributed by atoms with Crippen molar-refractivity contribution >= 4 is 0 Å². The summed E-state index contributed by atoms with van der Waals surface area (Å²) in [5.41, 5.74) is 1.35. The van der Waals surface area contributed by atoms with E-state index in [4.69, 9.17) is 0 Å². The molecule has 2 aromatic rings. The second-order valence-corrected chi connectivity index (χ2v) is 10.3. The fourth-order valence-electron chi connectivity index (χ4n) is 4.93. The van der Waals surface area contributed by atoms with Gasteiger partial charge in [0.1, 0.15) is 5.82 Å². The maximum atomic E-state index is 15.5. The number of pyridine rings is 1. The van der Waals surface area contributed by atoms with E-state index >= 15 is 8.78 Å². The summed E-state index contributed by atoms with van der Waals surface area (Å²) >= 11 is 0. The summed E-state index contributed by atoms with van der Waals surface area (Å²) < 4.78 is 45.8. The molecule has 0 amide bonds. The highest BCUT2D eigenvalue weighted by molar-refractivity contribution is 5.37. The average Bonchev–Trinajstić information content (AvgIpc) is 2.80. The maximum absolute atomic E-state index is 15.5. The van der Waals surface area contributed by atoms with E-state index in [1.165, 1.54) is 12.8 Å². The van der Waals surface area contributed by atoms with Crippen LogP contribution in [0, 0.1) is 17.8 Å². The van der Waals surface area contributed by atoms with Crippen molar-refractivity contribution < 1.29 is 13.2 Å². The van der Waals surface area contributed by atoms with E-state index in [9.17, 15) is 4.39 Å². The molecule has 0 saturated heterocycles. The Balaban J connectivity index is 1.69. The molecule has 0 aromatic carbocycles. The van der Waals surface area contributed by atoms with Crippen LogP contribution in [0.25, 0.3) is 0 Å². The lowest BCUT2D eigenvalue weighted by Gasteiger charge is -2.32. The Bertz CT molecular complexity index is 914. The molecule has 3 atom stereocenters. The first-order chi connectivity index (χ1) is 16.3. The number of unbranched alkanes of at least 4 members (excludes halogenated alkanes) is 2. The van der Waals surface area contributed by atoms with Crippen molar-refractivity contribution in [3.63, 3.8) is 0 Å². The van der Waals surface area contributed by atoms with Crippen molar-refractivity contribution in [1.82, 2.24) is 15.0 Å². The number of aromatic nitrogens is 3. The topological polar surface area (TPSA) is 38.7 Å². The van der Waals surface area contributed by atoms with Crippen LogP contribution in [-0.2, 0) is 25.2 Å². The molecule has 0 aliphatic heterocycles. The van der Waals surface area contributed by atoms with E-state index in [-0.39, 0.29) is 12.2 Å². The smallest absolute Gasteiger partial charge is 0.241 e. The second-order valence-electron chi connectivity index (χ2n) is 10.3. The molecule has 0 bridgehead atoms. The first kappa shape index (κ1) is 26.6. The van der Waals surface area contributed by atoms with E-state index in [2.05, 4.69) is 42.6 Å². The number of rotatable bonds is 12. The molecule has 34 heavy (non-hydrogen) atoms. The lowest BCUT2D eigenvalue weighted by atomic mass is 9.80. The molecule has 6 heteroatoms. The van der Waals surface area contributed by atoms with Crippen molar-refractivity contribution in [2.75, 3.05) is 0 Å². The van der Waals surface area contributed by atoms with Crippen LogP contribution in [0.5, 0.6) is 0 Å². The summed E-state index contributed by atoms with van der Waals surface area (Å²) in [6.07, 6.45) is 13.1. The molecule has 3 rings (SSSR count). The van der Waals surface area contributed by atoms with Gasteiger partial charge in [0.2, 0.25) is 5.95 Å². The molecule has 1 aliphatic carbocycles. The van der Waals surface area contributed by atoms with E-state index in [0.29, 0.717) is 30.0 Å². The number of aryl methyl sites for hydroxylation is 2. The fraction of sp³-hybridized carbons (Fsp3) is 0.679. The summed E-state index contributed by atoms with van der Waals surface area (Å²) in [5.74, 6) is -4.48. The SMILES string of the molecule is CCCCC(C)Cc1cc2c(c(F)n1)C(F)(F)C(c1ncc(CCCCC(C)CC)cn1)CC2. The minimum absolute atomic E-state index is 0.0932. The maximum Gasteiger partial charge on any atom is 0.287 e. The molecule has 2 heterocycles. The largest absolute Gasteiger partial charge is 0.287 e. The third-order valence-corrected chi connectivity index (χ3v) is 7.34. The summed E-state index contributed by atoms with van der Waals surface area (Å²) in [5, 5.41) is 0. The molecule has 0 saturated carbocycles. The lowest BCUT2D eigenvalue weighted by Crippen LogP contribution is -2.33. The highest BCUT2D eigenvalue weighted by Crippen LogP contribution is 2.49. The van der Waals surface area contributed by atoms with Gasteiger partial charge in [-0.25, -0.2) is 23.7 Å². The van der Waals surface area contributed by atoms with Gasteiger partial charge in [-0.1, -0.05) is 66.2 Å². The molecular formula is C28H40F3N3. The summed E-state index contributed by atoms with van der Waals surface area (Å²) in [7, 11) is 0. The van der Waals surface area contributed by atoms with Crippen LogP contribution >= 0.6 is 0 Å². The highest BCUT2D eigenvalue weighted by Gasteiger charge is 2.50. The van der Waals surface area contributed by atoms with E-state index in [0.717, 1.165) is 50.0 Å². The van der Waals surface area contributed by atoms with Crippen LogP contribution in [0.2, 0.25) is 0 Å². The minimum Gasteiger partial charge on any atom is -0.241 e. The first-order valence-electron chi connectivity index (χ1n) is 13.1. The van der Waals surface area contributed by atoms with E-state index in [1.807, 2.05) is 0 Å². The molecule has 188 valence electrons. The van der Waals surface area contributed by atoms with Gasteiger partial charge in [-0.2, -0.15) is 4.39 Å². The van der Waals surface area contributed by atoms with Crippen LogP contribution in [0.1, 0.15) is 113 Å². The molecule has 2 aromatic heterocycles. The third-order valence-electron chi connectivity index (χ3n) is 7.34. The van der Waals surface area contributed by atoms with E-state index < -0.39 is 23.4 Å². The minimum atomic E-state index is -3.38. The number of nitrogens with zero attached hydrogens (tertiary/aromatic N) is 3. The fourth-order valence-corrected chi connectivity index (χ4v) is 4.93. The van der Waals surface area contributed by atoms with Gasteiger partial charge in [0.25, 0.3) is 5.92 Å². The number of hydrogen-bond acceptors (Lipinski definition) is 3. The van der Waals surface area contributed by atoms with Gasteiger partial charge in [-0.3, -0.25) is 0 Å². The van der Waals surface area contributed by atoms with Gasteiger partial charge in [0.15, 0.2) is 0 Å². The second kappa shape index (κ2) is 12.1. The molecule has 1 aliphatic rings. The van der Waals surface area contributed by atoms with Gasteiger partial charge < -0.3 is 0 Å². The van der Waals surface area contributed by atoms with Crippen molar-refractivity contribution in [2.45, 2.75) is 110 Å². The standard InChI is InChI=1S/C28H40F3N3/c1-5-7-10-20(4)15-23-16-22-13-14-24(28(30,31)25(22)26(29)34-23)27-32-17-21(18-33-27)12-9-8-11-19(3)6-2/h16-20,24H,5-15H2,1-4H3. The summed E-state index contributed by atoms with van der Waals surface area (Å²) in [6.45, 7) is 8.70. The number of fused-ring (bicyclic) bond motifs is 1. The first-order valence-corrected chi connectivity index (χ1v) is 13.1. The average molecular weight is 476 g/mol. The Hall–Kier alpha value is -1.98. The Morgan fingerprint density at radius 1 is 1.03 bits per heavy atom. The zero-order valence-corrected chi connectivity index (χ0v) is 21.2. The van der Waals surface area contributed by atoms with Crippen molar-refractivity contribution in [2.24, 2.45) is 11.8 Å². The quantitative estimate of drug-likeness (QED) is 0.231. The van der Waals surface area contributed by atoms with E-state index in [1.54, 1.807) is 18.5 Å². The Kier molecular flexibility index (Phi) is 9.49. The van der Waals surface area contributed by atoms with Crippen LogP contribution in [-0.4, -0.2) is 15.0 Å². The molecule has 0 N–H and O–H groups in total. The summed E-state index contributed by atoms with van der Waals surface area (Å²) in [4.78, 5) is 12.5. The predicted molar refractivity (Wildman–Crippen MR) is 131 cm³/mol. The van der Waals surface area contributed by atoms with Crippen LogP contribution in [0.3, 0.4) is 0 Å². The predicted octanol–water partition coefficient (Wildman–Crippen LogP) is 7.96. The van der Waals surface area contributed by atoms with Gasteiger partial charge >= 0.3 is 0 Å². The molecule has 0 fully saturated rings. The summed E-state index contributed by atoms with van der Waals surface area (Å²) in [6, 6.07) is 1.69. The molecule has 0 radical (unpaired) electrons. The molecular weight excluding hydrogens is 435 g/mol. The van der Waals surface area contributed by atoms with Crippen molar-refractivity contribution in [3.8, 4) is 0 Å². The normalized spacial score (nSPS) is 19.0. The van der Waals surface area contributed by atoms with Gasteiger partial charge in [0.05, 0.1) is 11.5 Å². The molecule has 3 unspecified atom stereocenters. The number of alkyl halides is 2. The molecule has 3 nitrogen and oxygen atoms in total. The van der Waals surface area contributed by atoms with Crippen LogP contribution < -0.4 is 0 Å². The Morgan fingerprint density at radius 3 is 2.41 bits per heavy atom. The van der Waals surface area contributed by atoms with Crippen molar-refractivity contribution in [1.29, 1.82) is 0 Å². The zero-order valence-electron chi connectivity index (χ0n) is 21.2. The lowest BCUT2D eigenvalue weighted by molar-refractivity contribution is -0.0500. The monoisotopic (exact) mass is 475 g/mol. The van der Waals surface area contributed by atoms with Crippen molar-refractivity contribution in [3.05, 3.63) is 52.6 Å². The Morgan fingerprint density at radius 2 is 1.74 bits per heavy atom. The number of halogens is 3. The van der Waals surface area contributed by atoms with Gasteiger partial charge in [0, 0.05) is 18.1 Å². The highest BCUT2D eigenvalue weighted by atomic mass is 19.3. The Labute approximate surface area is 203 Å². The zero-order chi connectivity index (χ0) is 24.7. The molecule has 0 spiro atoms. The third kappa shape index (κ3) is 6.57. The number of hydrogen-bond donors (Lipinski definition) is 0. The van der Waals surface area contributed by atoms with Gasteiger partial charge in [-0.15, -0.1) is 0 Å². The van der Waals surface area contributed by atoms with Gasteiger partial charge in [-0.05, 0) is 61.1 Å². The van der Waals surface area contributed by atoms with Crippen LogP contribution in [0.4, 0.5) is 13.2 Å².